The molecule has 196 valence electrons. The van der Waals surface area contributed by atoms with Gasteiger partial charge in [-0.1, -0.05) is 36.4 Å². The van der Waals surface area contributed by atoms with Gasteiger partial charge in [-0.2, -0.15) is 8.42 Å². The molecule has 7 nitrogen and oxygen atoms in total. The molecule has 0 radical (unpaired) electrons. The molecule has 4 aromatic rings. The summed E-state index contributed by atoms with van der Waals surface area (Å²) in [5.74, 6) is -0.397. The summed E-state index contributed by atoms with van der Waals surface area (Å²) in [5, 5.41) is 2.84. The molecule has 38 heavy (non-hydrogen) atoms. The fourth-order valence-corrected chi connectivity index (χ4v) is 4.53. The number of urea groups is 1. The molecule has 0 atom stereocenters. The third-order valence-corrected chi connectivity index (χ3v) is 6.79. The van der Waals surface area contributed by atoms with Gasteiger partial charge >= 0.3 is 16.1 Å². The van der Waals surface area contributed by atoms with Crippen LogP contribution in [-0.4, -0.2) is 26.5 Å². The molecule has 0 saturated carbocycles. The van der Waals surface area contributed by atoms with Crippen molar-refractivity contribution in [1.29, 1.82) is 0 Å². The molecule has 0 fully saturated rings. The number of nitrogens with zero attached hydrogens (tertiary/aromatic N) is 1. The molecule has 4 rings (SSSR count). The van der Waals surface area contributed by atoms with Crippen molar-refractivity contribution in [2.75, 3.05) is 12.4 Å². The van der Waals surface area contributed by atoms with Crippen molar-refractivity contribution in [2.45, 2.75) is 18.0 Å². The van der Waals surface area contributed by atoms with Gasteiger partial charge in [0.2, 0.25) is 0 Å². The van der Waals surface area contributed by atoms with Crippen LogP contribution in [0, 0.1) is 11.6 Å². The highest BCUT2D eigenvalue weighted by Crippen LogP contribution is 2.25. The lowest BCUT2D eigenvalue weighted by atomic mass is 10.1. The number of nitrogens with one attached hydrogen (secondary N) is 1. The van der Waals surface area contributed by atoms with Crippen LogP contribution in [0.5, 0.6) is 11.5 Å². The summed E-state index contributed by atoms with van der Waals surface area (Å²) < 4.78 is 61.9. The van der Waals surface area contributed by atoms with Gasteiger partial charge in [0, 0.05) is 13.1 Å². The first kappa shape index (κ1) is 26.6. The molecule has 0 aliphatic rings. The van der Waals surface area contributed by atoms with Crippen LogP contribution < -0.4 is 14.2 Å². The Labute approximate surface area is 219 Å². The summed E-state index contributed by atoms with van der Waals surface area (Å²) in [5.41, 5.74) is 1.89. The fourth-order valence-electron chi connectivity index (χ4n) is 3.60. The summed E-state index contributed by atoms with van der Waals surface area (Å²) in [6.07, 6.45) is 0. The van der Waals surface area contributed by atoms with Crippen molar-refractivity contribution in [1.82, 2.24) is 4.90 Å². The molecular weight excluding hydrogens is 514 g/mol. The number of carbonyl (C=O) groups excluding carboxylic acids is 1. The maximum Gasteiger partial charge on any atom is 0.339 e. The Hall–Kier alpha value is -4.44. The third-order valence-electron chi connectivity index (χ3n) is 5.53. The van der Waals surface area contributed by atoms with Crippen molar-refractivity contribution in [3.05, 3.63) is 120 Å². The highest BCUT2D eigenvalue weighted by atomic mass is 32.2. The molecule has 1 N–H and O–H groups in total. The van der Waals surface area contributed by atoms with Crippen LogP contribution in [0.1, 0.15) is 11.1 Å². The molecule has 0 aliphatic carbocycles. The first-order valence-corrected chi connectivity index (χ1v) is 12.9. The molecule has 0 saturated heterocycles. The molecule has 10 heteroatoms. The van der Waals surface area contributed by atoms with Gasteiger partial charge in [0.05, 0.1) is 12.8 Å². The van der Waals surface area contributed by atoms with Gasteiger partial charge < -0.3 is 19.1 Å². The molecule has 0 unspecified atom stereocenters. The van der Waals surface area contributed by atoms with Crippen LogP contribution in [-0.2, 0) is 23.2 Å². The highest BCUT2D eigenvalue weighted by Gasteiger charge is 2.19. The minimum atomic E-state index is -4.15. The van der Waals surface area contributed by atoms with Crippen LogP contribution in [0.4, 0.5) is 19.3 Å². The van der Waals surface area contributed by atoms with Gasteiger partial charge in [-0.3, -0.25) is 0 Å². The smallest absolute Gasteiger partial charge is 0.339 e. The minimum Gasteiger partial charge on any atom is -0.495 e. The Kier molecular flexibility index (Phi) is 8.22. The quantitative estimate of drug-likeness (QED) is 0.265. The number of methoxy groups -OCH3 is 1. The van der Waals surface area contributed by atoms with E-state index in [-0.39, 0.29) is 29.6 Å². The lowest BCUT2D eigenvalue weighted by molar-refractivity contribution is 0.206. The zero-order valence-corrected chi connectivity index (χ0v) is 21.1. The SMILES string of the molecule is COc1ccccc1NC(=O)N(Cc1ccc(F)cc1)Cc1ccc(OS(=O)(=O)c2ccc(F)cc2)cc1. The van der Waals surface area contributed by atoms with Crippen molar-refractivity contribution in [2.24, 2.45) is 0 Å². The summed E-state index contributed by atoms with van der Waals surface area (Å²) in [6, 6.07) is 22.9. The van der Waals surface area contributed by atoms with Crippen LogP contribution >= 0.6 is 0 Å². The Balaban J connectivity index is 1.51. The van der Waals surface area contributed by atoms with Gasteiger partial charge in [-0.15, -0.1) is 0 Å². The Bertz CT molecular complexity index is 1490. The Morgan fingerprint density at radius 3 is 1.89 bits per heavy atom. The van der Waals surface area contributed by atoms with Gasteiger partial charge in [0.25, 0.3) is 0 Å². The second kappa shape index (κ2) is 11.7. The number of benzene rings is 4. The zero-order chi connectivity index (χ0) is 27.1. The number of amides is 2. The zero-order valence-electron chi connectivity index (χ0n) is 20.3. The van der Waals surface area contributed by atoms with Crippen LogP contribution in [0.25, 0.3) is 0 Å². The highest BCUT2D eigenvalue weighted by molar-refractivity contribution is 7.87. The fraction of sp³-hybridized carbons (Fsp3) is 0.107. The average Bonchev–Trinajstić information content (AvgIpc) is 2.91. The second-order valence-corrected chi connectivity index (χ2v) is 9.79. The number of hydrogen-bond donors (Lipinski definition) is 1. The van der Waals surface area contributed by atoms with E-state index in [1.165, 1.54) is 36.3 Å². The Morgan fingerprint density at radius 1 is 0.789 bits per heavy atom. The number of halogens is 2. The first-order valence-electron chi connectivity index (χ1n) is 11.5. The number of anilines is 1. The largest absolute Gasteiger partial charge is 0.495 e. The monoisotopic (exact) mass is 538 g/mol. The Morgan fingerprint density at radius 2 is 1.32 bits per heavy atom. The lowest BCUT2D eigenvalue weighted by Crippen LogP contribution is -2.34. The second-order valence-electron chi connectivity index (χ2n) is 8.25. The number of rotatable bonds is 9. The van der Waals surface area contributed by atoms with Crippen molar-refractivity contribution >= 4 is 21.8 Å². The lowest BCUT2D eigenvalue weighted by Gasteiger charge is -2.24. The van der Waals surface area contributed by atoms with E-state index in [1.807, 2.05) is 0 Å². The average molecular weight is 539 g/mol. The number of hydrogen-bond acceptors (Lipinski definition) is 5. The molecule has 0 heterocycles. The number of ether oxygens (including phenoxy) is 1. The summed E-state index contributed by atoms with van der Waals surface area (Å²) in [7, 11) is -2.65. The predicted molar refractivity (Wildman–Crippen MR) is 138 cm³/mol. The third kappa shape index (κ3) is 6.86. The molecule has 0 aliphatic heterocycles. The van der Waals surface area contributed by atoms with E-state index in [2.05, 4.69) is 5.32 Å². The summed E-state index contributed by atoms with van der Waals surface area (Å²) in [6.45, 7) is 0.335. The van der Waals surface area contributed by atoms with E-state index in [0.717, 1.165) is 24.3 Å². The first-order chi connectivity index (χ1) is 18.2. The summed E-state index contributed by atoms with van der Waals surface area (Å²) in [4.78, 5) is 14.6. The molecule has 2 amide bonds. The number of carbonyl (C=O) groups is 1. The van der Waals surface area contributed by atoms with E-state index in [1.54, 1.807) is 48.5 Å². The van der Waals surface area contributed by atoms with E-state index in [0.29, 0.717) is 22.6 Å². The van der Waals surface area contributed by atoms with Crippen LogP contribution in [0.2, 0.25) is 0 Å². The van der Waals surface area contributed by atoms with Crippen LogP contribution in [0.3, 0.4) is 0 Å². The van der Waals surface area contributed by atoms with Gasteiger partial charge in [-0.05, 0) is 71.8 Å². The maximum atomic E-state index is 13.4. The van der Waals surface area contributed by atoms with E-state index >= 15 is 0 Å². The maximum absolute atomic E-state index is 13.4. The molecule has 0 aromatic heterocycles. The standard InChI is InChI=1S/C28H24F2N2O5S/c1-36-27-5-3-2-4-26(27)31-28(33)32(18-20-6-10-22(29)11-7-20)19-21-8-14-24(15-9-21)37-38(34,35)25-16-12-23(30)13-17-25/h2-17H,18-19H2,1H3,(H,31,33). The van der Waals surface area contributed by atoms with Crippen molar-refractivity contribution in [3.63, 3.8) is 0 Å². The van der Waals surface area contributed by atoms with Crippen molar-refractivity contribution in [3.8, 4) is 11.5 Å². The molecule has 0 spiro atoms. The van der Waals surface area contributed by atoms with E-state index in [4.69, 9.17) is 8.92 Å². The molecule has 0 bridgehead atoms. The normalized spacial score (nSPS) is 11.0. The minimum absolute atomic E-state index is 0.0571. The summed E-state index contributed by atoms with van der Waals surface area (Å²) >= 11 is 0. The molecular formula is C28H24F2N2O5S. The van der Waals surface area contributed by atoms with Gasteiger partial charge in [0.1, 0.15) is 28.0 Å². The van der Waals surface area contributed by atoms with E-state index < -0.39 is 22.0 Å². The van der Waals surface area contributed by atoms with E-state index in [9.17, 15) is 22.0 Å². The topological polar surface area (TPSA) is 84.9 Å². The van der Waals surface area contributed by atoms with Gasteiger partial charge in [-0.25, -0.2) is 13.6 Å². The van der Waals surface area contributed by atoms with Crippen molar-refractivity contribution < 1.29 is 30.9 Å². The predicted octanol–water partition coefficient (Wildman–Crippen LogP) is 5.98. The van der Waals surface area contributed by atoms with Crippen LogP contribution in [0.15, 0.2) is 102 Å². The number of para-hydroxylation sites is 2. The molecule has 4 aromatic carbocycles. The van der Waals surface area contributed by atoms with Gasteiger partial charge in [0.15, 0.2) is 0 Å².